The third kappa shape index (κ3) is 2.02. The Morgan fingerprint density at radius 2 is 1.94 bits per heavy atom. The second-order valence-electron chi connectivity index (χ2n) is 5.21. The fourth-order valence-electron chi connectivity index (χ4n) is 2.84. The molecule has 0 aromatic carbocycles. The van der Waals surface area contributed by atoms with Crippen LogP contribution in [0.25, 0.3) is 0 Å². The van der Waals surface area contributed by atoms with Crippen LogP contribution in [-0.2, 0) is 12.8 Å². The van der Waals surface area contributed by atoms with Gasteiger partial charge in [-0.2, -0.15) is 0 Å². The number of nitrogens with zero attached hydrogens (tertiary/aromatic N) is 3. The maximum atomic E-state index is 5.93. The summed E-state index contributed by atoms with van der Waals surface area (Å²) < 4.78 is 0. The molecule has 1 aromatic heterocycles. The molecule has 3 rings (SSSR count). The standard InChI is InChI=1S/C13H20N4/c1-9-11-3-2-4-12(11)16-13(15-9)17-7-5-10(14)6-8-17/h10H,2-8,14H2,1H3. The van der Waals surface area contributed by atoms with Crippen molar-refractivity contribution < 1.29 is 0 Å². The normalized spacial score (nSPS) is 20.7. The van der Waals surface area contributed by atoms with E-state index in [1.165, 1.54) is 23.4 Å². The first kappa shape index (κ1) is 11.0. The van der Waals surface area contributed by atoms with Gasteiger partial charge >= 0.3 is 0 Å². The van der Waals surface area contributed by atoms with E-state index in [4.69, 9.17) is 10.7 Å². The number of nitrogens with two attached hydrogens (primary N) is 1. The number of fused-ring (bicyclic) bond motifs is 1. The summed E-state index contributed by atoms with van der Waals surface area (Å²) in [5.74, 6) is 0.926. The molecule has 2 aliphatic rings. The molecule has 0 unspecified atom stereocenters. The molecule has 0 spiro atoms. The number of aryl methyl sites for hydroxylation is 2. The second-order valence-corrected chi connectivity index (χ2v) is 5.21. The van der Waals surface area contributed by atoms with Gasteiger partial charge in [-0.3, -0.25) is 0 Å². The van der Waals surface area contributed by atoms with Gasteiger partial charge in [-0.05, 0) is 44.6 Å². The number of anilines is 1. The van der Waals surface area contributed by atoms with Gasteiger partial charge in [-0.1, -0.05) is 0 Å². The Morgan fingerprint density at radius 1 is 1.18 bits per heavy atom. The maximum absolute atomic E-state index is 5.93. The Balaban J connectivity index is 1.86. The lowest BCUT2D eigenvalue weighted by Crippen LogP contribution is -2.40. The van der Waals surface area contributed by atoms with E-state index < -0.39 is 0 Å². The average Bonchev–Trinajstić information content (AvgIpc) is 2.78. The molecule has 0 radical (unpaired) electrons. The third-order valence-electron chi connectivity index (χ3n) is 3.95. The van der Waals surface area contributed by atoms with Crippen molar-refractivity contribution in [3.8, 4) is 0 Å². The van der Waals surface area contributed by atoms with E-state index in [2.05, 4.69) is 16.8 Å². The number of hydrogen-bond donors (Lipinski definition) is 1. The molecule has 0 saturated carbocycles. The minimum Gasteiger partial charge on any atom is -0.341 e. The molecule has 4 heteroatoms. The summed E-state index contributed by atoms with van der Waals surface area (Å²) in [7, 11) is 0. The molecule has 0 atom stereocenters. The van der Waals surface area contributed by atoms with Crippen LogP contribution in [0.2, 0.25) is 0 Å². The van der Waals surface area contributed by atoms with E-state index in [-0.39, 0.29) is 0 Å². The number of hydrogen-bond acceptors (Lipinski definition) is 4. The highest BCUT2D eigenvalue weighted by Gasteiger charge is 2.22. The van der Waals surface area contributed by atoms with Gasteiger partial charge in [-0.15, -0.1) is 0 Å². The largest absolute Gasteiger partial charge is 0.341 e. The lowest BCUT2D eigenvalue weighted by Gasteiger charge is -2.30. The van der Waals surface area contributed by atoms with Crippen LogP contribution in [0.4, 0.5) is 5.95 Å². The highest BCUT2D eigenvalue weighted by atomic mass is 15.3. The summed E-state index contributed by atoms with van der Waals surface area (Å²) in [6, 6.07) is 0.363. The molecular weight excluding hydrogens is 212 g/mol. The molecule has 2 N–H and O–H groups in total. The Bertz CT molecular complexity index is 422. The molecule has 1 aliphatic heterocycles. The predicted molar refractivity (Wildman–Crippen MR) is 68.2 cm³/mol. The Hall–Kier alpha value is -1.16. The van der Waals surface area contributed by atoms with Gasteiger partial charge in [0, 0.05) is 30.5 Å². The molecule has 0 bridgehead atoms. The molecule has 4 nitrogen and oxygen atoms in total. The van der Waals surface area contributed by atoms with E-state index in [0.717, 1.165) is 44.7 Å². The van der Waals surface area contributed by atoms with Crippen molar-refractivity contribution in [3.05, 3.63) is 17.0 Å². The van der Waals surface area contributed by atoms with Gasteiger partial charge in [0.15, 0.2) is 0 Å². The molecule has 1 aliphatic carbocycles. The van der Waals surface area contributed by atoms with Crippen molar-refractivity contribution >= 4 is 5.95 Å². The molecule has 0 amide bonds. The fraction of sp³-hybridized carbons (Fsp3) is 0.692. The van der Waals surface area contributed by atoms with E-state index in [1.54, 1.807) is 0 Å². The SMILES string of the molecule is Cc1nc(N2CCC(N)CC2)nc2c1CCC2. The van der Waals surface area contributed by atoms with E-state index >= 15 is 0 Å². The fourth-order valence-corrected chi connectivity index (χ4v) is 2.84. The molecular formula is C13H20N4. The number of rotatable bonds is 1. The summed E-state index contributed by atoms with van der Waals surface area (Å²) in [4.78, 5) is 11.7. The van der Waals surface area contributed by atoms with Crippen molar-refractivity contribution in [1.29, 1.82) is 0 Å². The topological polar surface area (TPSA) is 55.0 Å². The van der Waals surface area contributed by atoms with Crippen LogP contribution < -0.4 is 10.6 Å². The van der Waals surface area contributed by atoms with Gasteiger partial charge < -0.3 is 10.6 Å². The van der Waals surface area contributed by atoms with Crippen LogP contribution in [0.1, 0.15) is 36.2 Å². The minimum atomic E-state index is 0.363. The van der Waals surface area contributed by atoms with Gasteiger partial charge in [-0.25, -0.2) is 9.97 Å². The molecule has 1 aromatic rings. The van der Waals surface area contributed by atoms with Gasteiger partial charge in [0.05, 0.1) is 0 Å². The first-order valence-corrected chi connectivity index (χ1v) is 6.61. The lowest BCUT2D eigenvalue weighted by molar-refractivity contribution is 0.495. The van der Waals surface area contributed by atoms with Crippen molar-refractivity contribution in [1.82, 2.24) is 9.97 Å². The minimum absolute atomic E-state index is 0.363. The van der Waals surface area contributed by atoms with E-state index in [9.17, 15) is 0 Å². The Kier molecular flexibility index (Phi) is 2.74. The van der Waals surface area contributed by atoms with Gasteiger partial charge in [0.25, 0.3) is 0 Å². The number of piperidine rings is 1. The molecule has 1 saturated heterocycles. The van der Waals surface area contributed by atoms with Crippen LogP contribution in [0.5, 0.6) is 0 Å². The Morgan fingerprint density at radius 3 is 2.71 bits per heavy atom. The van der Waals surface area contributed by atoms with Crippen molar-refractivity contribution in [2.45, 2.75) is 45.1 Å². The highest BCUT2D eigenvalue weighted by Crippen LogP contribution is 2.25. The molecule has 2 heterocycles. The summed E-state index contributed by atoms with van der Waals surface area (Å²) in [5.41, 5.74) is 9.78. The van der Waals surface area contributed by atoms with Crippen LogP contribution in [0.3, 0.4) is 0 Å². The van der Waals surface area contributed by atoms with Crippen molar-refractivity contribution in [2.24, 2.45) is 5.73 Å². The van der Waals surface area contributed by atoms with Gasteiger partial charge in [0.1, 0.15) is 0 Å². The lowest BCUT2D eigenvalue weighted by atomic mass is 10.1. The highest BCUT2D eigenvalue weighted by molar-refractivity contribution is 5.39. The predicted octanol–water partition coefficient (Wildman–Crippen LogP) is 1.20. The first-order chi connectivity index (χ1) is 8.24. The average molecular weight is 232 g/mol. The third-order valence-corrected chi connectivity index (χ3v) is 3.95. The van der Waals surface area contributed by atoms with Gasteiger partial charge in [0.2, 0.25) is 5.95 Å². The number of aromatic nitrogens is 2. The smallest absolute Gasteiger partial charge is 0.225 e. The van der Waals surface area contributed by atoms with E-state index in [1.807, 2.05) is 0 Å². The van der Waals surface area contributed by atoms with E-state index in [0.29, 0.717) is 6.04 Å². The van der Waals surface area contributed by atoms with Crippen LogP contribution >= 0.6 is 0 Å². The Labute approximate surface area is 102 Å². The van der Waals surface area contributed by atoms with Crippen molar-refractivity contribution in [3.63, 3.8) is 0 Å². The molecule has 17 heavy (non-hydrogen) atoms. The molecule has 92 valence electrons. The quantitative estimate of drug-likeness (QED) is 0.790. The zero-order valence-electron chi connectivity index (χ0n) is 10.4. The zero-order chi connectivity index (χ0) is 11.8. The monoisotopic (exact) mass is 232 g/mol. The maximum Gasteiger partial charge on any atom is 0.225 e. The summed E-state index contributed by atoms with van der Waals surface area (Å²) in [6.07, 6.45) is 5.63. The van der Waals surface area contributed by atoms with Crippen molar-refractivity contribution in [2.75, 3.05) is 18.0 Å². The first-order valence-electron chi connectivity index (χ1n) is 6.61. The van der Waals surface area contributed by atoms with Crippen LogP contribution in [-0.4, -0.2) is 29.1 Å². The summed E-state index contributed by atoms with van der Waals surface area (Å²) in [6.45, 7) is 4.11. The molecule has 1 fully saturated rings. The second kappa shape index (κ2) is 4.26. The zero-order valence-corrected chi connectivity index (χ0v) is 10.4. The summed E-state index contributed by atoms with van der Waals surface area (Å²) >= 11 is 0. The van der Waals surface area contributed by atoms with Crippen LogP contribution in [0, 0.1) is 6.92 Å². The van der Waals surface area contributed by atoms with Crippen LogP contribution in [0.15, 0.2) is 0 Å². The summed E-state index contributed by atoms with van der Waals surface area (Å²) in [5, 5.41) is 0.